The first-order valence-corrected chi connectivity index (χ1v) is 7.10. The van der Waals surface area contributed by atoms with E-state index in [0.717, 1.165) is 17.0 Å². The number of ether oxygens (including phenoxy) is 1. The van der Waals surface area contributed by atoms with Gasteiger partial charge in [0.15, 0.2) is 5.13 Å². The molecule has 1 aromatic heterocycles. The van der Waals surface area contributed by atoms with Gasteiger partial charge in [0.05, 0.1) is 12.8 Å². The summed E-state index contributed by atoms with van der Waals surface area (Å²) in [5.41, 5.74) is 1.76. The molecular weight excluding hydrogens is 284 g/mol. The number of hydrogen-bond acceptors (Lipinski definition) is 4. The molecule has 100 valence electrons. The molecule has 0 aliphatic heterocycles. The van der Waals surface area contributed by atoms with Crippen LogP contribution in [0.5, 0.6) is 5.75 Å². The molecule has 0 aliphatic rings. The molecule has 0 radical (unpaired) electrons. The highest BCUT2D eigenvalue weighted by Gasteiger charge is 2.08. The second-order valence-corrected chi connectivity index (χ2v) is 4.99. The maximum Gasteiger partial charge on any atom is 0.227 e. The summed E-state index contributed by atoms with van der Waals surface area (Å²) in [6.07, 6.45) is 0.287. The zero-order valence-electron chi connectivity index (χ0n) is 10.4. The third-order valence-corrected chi connectivity index (χ3v) is 3.38. The largest absolute Gasteiger partial charge is 0.497 e. The smallest absolute Gasteiger partial charge is 0.227 e. The molecule has 0 fully saturated rings. The molecule has 0 atom stereocenters. The van der Waals surface area contributed by atoms with Crippen LogP contribution in [0.4, 0.5) is 5.13 Å². The molecule has 4 nitrogen and oxygen atoms in total. The Hall–Kier alpha value is -1.59. The van der Waals surface area contributed by atoms with Crippen LogP contribution in [-0.2, 0) is 4.79 Å². The summed E-state index contributed by atoms with van der Waals surface area (Å²) in [5, 5.41) is 5.19. The summed E-state index contributed by atoms with van der Waals surface area (Å²) in [6, 6.07) is 7.62. The zero-order chi connectivity index (χ0) is 13.7. The molecule has 19 heavy (non-hydrogen) atoms. The first kappa shape index (κ1) is 13.8. The van der Waals surface area contributed by atoms with Crippen molar-refractivity contribution in [3.05, 3.63) is 29.6 Å². The number of amides is 1. The van der Waals surface area contributed by atoms with Gasteiger partial charge in [-0.05, 0) is 12.1 Å². The Morgan fingerprint density at radius 3 is 3.11 bits per heavy atom. The van der Waals surface area contributed by atoms with E-state index in [1.165, 1.54) is 11.3 Å². The number of nitrogens with one attached hydrogen (secondary N) is 1. The minimum absolute atomic E-state index is 0.124. The van der Waals surface area contributed by atoms with Crippen LogP contribution in [-0.4, -0.2) is 23.9 Å². The van der Waals surface area contributed by atoms with Crippen LogP contribution >= 0.6 is 22.9 Å². The van der Waals surface area contributed by atoms with E-state index in [0.29, 0.717) is 11.0 Å². The Morgan fingerprint density at radius 2 is 2.37 bits per heavy atom. The van der Waals surface area contributed by atoms with Gasteiger partial charge >= 0.3 is 0 Å². The van der Waals surface area contributed by atoms with Gasteiger partial charge in [-0.25, -0.2) is 4.98 Å². The van der Waals surface area contributed by atoms with Crippen molar-refractivity contribution >= 4 is 34.0 Å². The van der Waals surface area contributed by atoms with Gasteiger partial charge in [0.1, 0.15) is 5.75 Å². The number of rotatable bonds is 5. The summed E-state index contributed by atoms with van der Waals surface area (Å²) in [4.78, 5) is 15.8. The molecule has 2 rings (SSSR count). The lowest BCUT2D eigenvalue weighted by Gasteiger charge is -2.01. The fraction of sp³-hybridized carbons (Fsp3) is 0.231. The normalized spacial score (nSPS) is 10.2. The molecule has 0 bridgehead atoms. The number of alkyl halides is 1. The Bertz CT molecular complexity index is 571. The van der Waals surface area contributed by atoms with Crippen LogP contribution in [0, 0.1) is 0 Å². The van der Waals surface area contributed by atoms with Gasteiger partial charge in [0.2, 0.25) is 5.91 Å². The highest BCUT2D eigenvalue weighted by Crippen LogP contribution is 2.27. The number of carbonyl (C=O) groups excluding carboxylic acids is 1. The monoisotopic (exact) mass is 296 g/mol. The third-order valence-electron chi connectivity index (χ3n) is 2.44. The minimum Gasteiger partial charge on any atom is -0.497 e. The first-order valence-electron chi connectivity index (χ1n) is 5.68. The standard InChI is InChI=1S/C13H13ClN2O2S/c1-18-10-4-2-3-9(7-10)11-8-19-13(15-11)16-12(17)5-6-14/h2-4,7-8H,5-6H2,1H3,(H,15,16,17). The topological polar surface area (TPSA) is 51.2 Å². The molecular formula is C13H13ClN2O2S. The number of hydrogen-bond donors (Lipinski definition) is 1. The lowest BCUT2D eigenvalue weighted by atomic mass is 10.2. The highest BCUT2D eigenvalue weighted by atomic mass is 35.5. The molecule has 1 aromatic carbocycles. The third kappa shape index (κ3) is 3.68. The Morgan fingerprint density at radius 1 is 1.53 bits per heavy atom. The average Bonchev–Trinajstić information content (AvgIpc) is 2.87. The van der Waals surface area contributed by atoms with Crippen LogP contribution in [0.3, 0.4) is 0 Å². The van der Waals surface area contributed by atoms with Crippen LogP contribution < -0.4 is 10.1 Å². The Kier molecular flexibility index (Phi) is 4.76. The van der Waals surface area contributed by atoms with Crippen LogP contribution in [0.1, 0.15) is 6.42 Å². The van der Waals surface area contributed by atoms with E-state index >= 15 is 0 Å². The van der Waals surface area contributed by atoms with Crippen molar-refractivity contribution < 1.29 is 9.53 Å². The predicted octanol–water partition coefficient (Wildman–Crippen LogP) is 3.39. The molecule has 1 amide bonds. The summed E-state index contributed by atoms with van der Waals surface area (Å²) in [7, 11) is 1.62. The number of halogens is 1. The summed E-state index contributed by atoms with van der Waals surface area (Å²) >= 11 is 6.89. The fourth-order valence-electron chi connectivity index (χ4n) is 1.51. The van der Waals surface area contributed by atoms with Gasteiger partial charge in [0, 0.05) is 23.2 Å². The van der Waals surface area contributed by atoms with Crippen LogP contribution in [0.15, 0.2) is 29.6 Å². The molecule has 2 aromatic rings. The van der Waals surface area contributed by atoms with Gasteiger partial charge in [-0.1, -0.05) is 12.1 Å². The highest BCUT2D eigenvalue weighted by molar-refractivity contribution is 7.14. The molecule has 0 aliphatic carbocycles. The van der Waals surface area contributed by atoms with Crippen LogP contribution in [0.2, 0.25) is 0 Å². The van der Waals surface area contributed by atoms with E-state index < -0.39 is 0 Å². The minimum atomic E-state index is -0.124. The second kappa shape index (κ2) is 6.54. The van der Waals surface area contributed by atoms with E-state index in [1.807, 2.05) is 29.6 Å². The van der Waals surface area contributed by atoms with Gasteiger partial charge in [-0.2, -0.15) is 0 Å². The maximum atomic E-state index is 11.4. The van der Waals surface area contributed by atoms with Crippen molar-refractivity contribution in [2.24, 2.45) is 0 Å². The first-order chi connectivity index (χ1) is 9.22. The zero-order valence-corrected chi connectivity index (χ0v) is 11.9. The van der Waals surface area contributed by atoms with Gasteiger partial charge < -0.3 is 10.1 Å². The van der Waals surface area contributed by atoms with E-state index in [2.05, 4.69) is 10.3 Å². The van der Waals surface area contributed by atoms with Crippen molar-refractivity contribution in [3.63, 3.8) is 0 Å². The van der Waals surface area contributed by atoms with Gasteiger partial charge in [0.25, 0.3) is 0 Å². The molecule has 0 saturated carbocycles. The second-order valence-electron chi connectivity index (χ2n) is 3.76. The number of nitrogens with zero attached hydrogens (tertiary/aromatic N) is 1. The number of methoxy groups -OCH3 is 1. The predicted molar refractivity (Wildman–Crippen MR) is 78.1 cm³/mol. The molecule has 6 heteroatoms. The lowest BCUT2D eigenvalue weighted by Crippen LogP contribution is -2.11. The quantitative estimate of drug-likeness (QED) is 0.861. The molecule has 1 heterocycles. The fourth-order valence-corrected chi connectivity index (χ4v) is 2.42. The van der Waals surface area contributed by atoms with E-state index in [1.54, 1.807) is 7.11 Å². The van der Waals surface area contributed by atoms with Crippen molar-refractivity contribution in [1.82, 2.24) is 4.98 Å². The van der Waals surface area contributed by atoms with Gasteiger partial charge in [-0.3, -0.25) is 4.79 Å². The molecule has 0 saturated heterocycles. The van der Waals surface area contributed by atoms with Crippen molar-refractivity contribution in [2.75, 3.05) is 18.3 Å². The summed E-state index contributed by atoms with van der Waals surface area (Å²) < 4.78 is 5.17. The average molecular weight is 297 g/mol. The van der Waals surface area contributed by atoms with Crippen molar-refractivity contribution in [2.45, 2.75) is 6.42 Å². The Balaban J connectivity index is 2.13. The van der Waals surface area contributed by atoms with Gasteiger partial charge in [-0.15, -0.1) is 22.9 Å². The number of carbonyl (C=O) groups is 1. The number of anilines is 1. The maximum absolute atomic E-state index is 11.4. The number of thiazole rings is 1. The molecule has 0 spiro atoms. The number of aromatic nitrogens is 1. The molecule has 1 N–H and O–H groups in total. The summed E-state index contributed by atoms with van der Waals surface area (Å²) in [6.45, 7) is 0. The van der Waals surface area contributed by atoms with E-state index in [-0.39, 0.29) is 12.3 Å². The van der Waals surface area contributed by atoms with Crippen molar-refractivity contribution in [3.8, 4) is 17.0 Å². The Labute approximate surface area is 120 Å². The number of benzene rings is 1. The van der Waals surface area contributed by atoms with Crippen LogP contribution in [0.25, 0.3) is 11.3 Å². The van der Waals surface area contributed by atoms with E-state index in [9.17, 15) is 4.79 Å². The lowest BCUT2D eigenvalue weighted by molar-refractivity contribution is -0.115. The van der Waals surface area contributed by atoms with E-state index in [4.69, 9.17) is 16.3 Å². The SMILES string of the molecule is COc1cccc(-c2csc(NC(=O)CCCl)n2)c1. The summed E-state index contributed by atoms with van der Waals surface area (Å²) in [5.74, 6) is 0.958. The van der Waals surface area contributed by atoms with Crippen molar-refractivity contribution in [1.29, 1.82) is 0 Å². The molecule has 0 unspecified atom stereocenters.